The average molecular weight is 205 g/mol. The van der Waals surface area contributed by atoms with Gasteiger partial charge in [0.1, 0.15) is 0 Å². The fourth-order valence-electron chi connectivity index (χ4n) is 1.32. The molecule has 0 aliphatic carbocycles. The molecule has 15 heavy (non-hydrogen) atoms. The molecule has 0 unspecified atom stereocenters. The van der Waals surface area contributed by atoms with Gasteiger partial charge in [0, 0.05) is 6.54 Å². The lowest BCUT2D eigenvalue weighted by molar-refractivity contribution is 0.836. The van der Waals surface area contributed by atoms with E-state index in [0.717, 1.165) is 0 Å². The van der Waals surface area contributed by atoms with Gasteiger partial charge in [-0.2, -0.15) is 4.98 Å². The molecule has 0 fully saturated rings. The number of allylic oxidation sites excluding steroid dienone is 2. The third-order valence-electron chi connectivity index (χ3n) is 2.03. The Labute approximate surface area is 85.5 Å². The van der Waals surface area contributed by atoms with Crippen molar-refractivity contribution in [3.05, 3.63) is 28.8 Å². The molecule has 0 bridgehead atoms. The van der Waals surface area contributed by atoms with Crippen molar-refractivity contribution in [2.45, 2.75) is 13.5 Å². The molecule has 2 rings (SSSR count). The van der Waals surface area contributed by atoms with Crippen LogP contribution in [0, 0.1) is 0 Å². The molecular formula is C9H11N5O. The monoisotopic (exact) mass is 205 g/mol. The van der Waals surface area contributed by atoms with Crippen LogP contribution in [-0.4, -0.2) is 19.5 Å². The van der Waals surface area contributed by atoms with Crippen LogP contribution >= 0.6 is 0 Å². The fourth-order valence-corrected chi connectivity index (χ4v) is 1.32. The van der Waals surface area contributed by atoms with E-state index in [1.54, 1.807) is 10.9 Å². The van der Waals surface area contributed by atoms with Crippen LogP contribution in [-0.2, 0) is 6.54 Å². The number of hydrogen-bond acceptors (Lipinski definition) is 4. The van der Waals surface area contributed by atoms with E-state index in [0.29, 0.717) is 17.7 Å². The van der Waals surface area contributed by atoms with Crippen molar-refractivity contribution in [1.29, 1.82) is 0 Å². The zero-order valence-corrected chi connectivity index (χ0v) is 8.27. The van der Waals surface area contributed by atoms with Crippen molar-refractivity contribution >= 4 is 17.1 Å². The van der Waals surface area contributed by atoms with Crippen molar-refractivity contribution in [3.8, 4) is 0 Å². The van der Waals surface area contributed by atoms with Crippen molar-refractivity contribution in [2.75, 3.05) is 5.73 Å². The second kappa shape index (κ2) is 3.56. The van der Waals surface area contributed by atoms with Gasteiger partial charge in [0.05, 0.1) is 6.33 Å². The Morgan fingerprint density at radius 2 is 2.47 bits per heavy atom. The molecule has 0 atom stereocenters. The molecule has 0 amide bonds. The van der Waals surface area contributed by atoms with E-state index in [4.69, 9.17) is 5.73 Å². The van der Waals surface area contributed by atoms with E-state index in [1.165, 1.54) is 0 Å². The maximum atomic E-state index is 11.4. The number of hydrogen-bond donors (Lipinski definition) is 2. The highest BCUT2D eigenvalue weighted by Crippen LogP contribution is 2.05. The summed E-state index contributed by atoms with van der Waals surface area (Å²) in [4.78, 5) is 21.8. The topological polar surface area (TPSA) is 89.6 Å². The summed E-state index contributed by atoms with van der Waals surface area (Å²) in [7, 11) is 0. The lowest BCUT2D eigenvalue weighted by Crippen LogP contribution is -2.12. The number of aromatic amines is 1. The van der Waals surface area contributed by atoms with Gasteiger partial charge < -0.3 is 10.3 Å². The van der Waals surface area contributed by atoms with Crippen LogP contribution in [0.15, 0.2) is 23.3 Å². The SMILES string of the molecule is C/C=C\Cn1cnc2c(=O)[nH]c(N)nc21. The lowest BCUT2D eigenvalue weighted by atomic mass is 10.5. The predicted molar refractivity (Wildman–Crippen MR) is 57.4 cm³/mol. The first-order chi connectivity index (χ1) is 7.22. The number of fused-ring (bicyclic) bond motifs is 1. The zero-order valence-electron chi connectivity index (χ0n) is 8.27. The van der Waals surface area contributed by atoms with Gasteiger partial charge in [-0.05, 0) is 6.92 Å². The molecule has 2 aromatic heterocycles. The predicted octanol–water partition coefficient (Wildman–Crippen LogP) is 0.278. The van der Waals surface area contributed by atoms with Gasteiger partial charge in [0.2, 0.25) is 5.95 Å². The Kier molecular flexibility index (Phi) is 2.24. The Morgan fingerprint density at radius 3 is 3.20 bits per heavy atom. The molecule has 78 valence electrons. The molecule has 6 heteroatoms. The first kappa shape index (κ1) is 9.45. The smallest absolute Gasteiger partial charge is 0.280 e. The summed E-state index contributed by atoms with van der Waals surface area (Å²) >= 11 is 0. The zero-order chi connectivity index (χ0) is 10.8. The molecule has 0 saturated carbocycles. The third kappa shape index (κ3) is 1.61. The van der Waals surface area contributed by atoms with E-state index in [-0.39, 0.29) is 11.5 Å². The first-order valence-electron chi connectivity index (χ1n) is 4.54. The van der Waals surface area contributed by atoms with Gasteiger partial charge >= 0.3 is 0 Å². The number of H-pyrrole nitrogens is 1. The molecule has 0 radical (unpaired) electrons. The summed E-state index contributed by atoms with van der Waals surface area (Å²) in [6, 6.07) is 0. The van der Waals surface area contributed by atoms with Crippen LogP contribution in [0.1, 0.15) is 6.92 Å². The molecule has 0 aliphatic rings. The van der Waals surface area contributed by atoms with Gasteiger partial charge in [-0.1, -0.05) is 12.2 Å². The Morgan fingerprint density at radius 1 is 1.67 bits per heavy atom. The van der Waals surface area contributed by atoms with Gasteiger partial charge in [-0.3, -0.25) is 9.78 Å². The summed E-state index contributed by atoms with van der Waals surface area (Å²) in [5.41, 5.74) is 5.97. The van der Waals surface area contributed by atoms with E-state index < -0.39 is 0 Å². The second-order valence-corrected chi connectivity index (χ2v) is 3.09. The van der Waals surface area contributed by atoms with Crippen LogP contribution in [0.4, 0.5) is 5.95 Å². The highest BCUT2D eigenvalue weighted by atomic mass is 16.1. The molecule has 0 aromatic carbocycles. The number of nitrogens with one attached hydrogen (secondary N) is 1. The third-order valence-corrected chi connectivity index (χ3v) is 2.03. The second-order valence-electron chi connectivity index (χ2n) is 3.09. The maximum absolute atomic E-state index is 11.4. The number of rotatable bonds is 2. The van der Waals surface area contributed by atoms with Crippen LogP contribution in [0.2, 0.25) is 0 Å². The highest BCUT2D eigenvalue weighted by Gasteiger charge is 2.07. The quantitative estimate of drug-likeness (QED) is 0.689. The van der Waals surface area contributed by atoms with E-state index in [2.05, 4.69) is 15.0 Å². The van der Waals surface area contributed by atoms with E-state index in [1.807, 2.05) is 19.1 Å². The van der Waals surface area contributed by atoms with Gasteiger partial charge in [-0.15, -0.1) is 0 Å². The summed E-state index contributed by atoms with van der Waals surface area (Å²) in [5, 5.41) is 0. The Hall–Kier alpha value is -2.11. The van der Waals surface area contributed by atoms with Crippen molar-refractivity contribution < 1.29 is 0 Å². The van der Waals surface area contributed by atoms with Gasteiger partial charge in [0.25, 0.3) is 5.56 Å². The number of imidazole rings is 1. The van der Waals surface area contributed by atoms with Crippen LogP contribution < -0.4 is 11.3 Å². The number of nitrogen functional groups attached to an aromatic ring is 1. The minimum absolute atomic E-state index is 0.106. The van der Waals surface area contributed by atoms with Crippen molar-refractivity contribution in [2.24, 2.45) is 0 Å². The number of aromatic nitrogens is 4. The molecule has 0 aliphatic heterocycles. The molecular weight excluding hydrogens is 194 g/mol. The minimum Gasteiger partial charge on any atom is -0.369 e. The van der Waals surface area contributed by atoms with Crippen molar-refractivity contribution in [3.63, 3.8) is 0 Å². The average Bonchev–Trinajstić information content (AvgIpc) is 2.58. The summed E-state index contributed by atoms with van der Waals surface area (Å²) in [6.45, 7) is 2.55. The van der Waals surface area contributed by atoms with Gasteiger partial charge in [0.15, 0.2) is 11.2 Å². The minimum atomic E-state index is -0.309. The molecule has 2 aromatic rings. The Balaban J connectivity index is 2.63. The molecule has 6 nitrogen and oxygen atoms in total. The largest absolute Gasteiger partial charge is 0.369 e. The molecule has 0 saturated heterocycles. The molecule has 3 N–H and O–H groups in total. The first-order valence-corrected chi connectivity index (χ1v) is 4.54. The maximum Gasteiger partial charge on any atom is 0.280 e. The lowest BCUT2D eigenvalue weighted by Gasteiger charge is -1.98. The van der Waals surface area contributed by atoms with E-state index >= 15 is 0 Å². The number of nitrogens with two attached hydrogens (primary N) is 1. The Bertz CT molecular complexity index is 565. The fraction of sp³-hybridized carbons (Fsp3) is 0.222. The van der Waals surface area contributed by atoms with Gasteiger partial charge in [-0.25, -0.2) is 4.98 Å². The molecule has 2 heterocycles. The molecule has 0 spiro atoms. The van der Waals surface area contributed by atoms with Crippen molar-refractivity contribution in [1.82, 2.24) is 19.5 Å². The standard InChI is InChI=1S/C9H11N5O/c1-2-3-4-14-5-11-6-7(14)12-9(10)13-8(6)15/h2-3,5H,4H2,1H3,(H3,10,12,13,15)/b3-2-. The summed E-state index contributed by atoms with van der Waals surface area (Å²) in [5.74, 6) is 0.106. The van der Waals surface area contributed by atoms with Crippen LogP contribution in [0.25, 0.3) is 11.2 Å². The normalized spacial score (nSPS) is 11.5. The number of anilines is 1. The summed E-state index contributed by atoms with van der Waals surface area (Å²) < 4.78 is 1.76. The highest BCUT2D eigenvalue weighted by molar-refractivity contribution is 5.70. The van der Waals surface area contributed by atoms with E-state index in [9.17, 15) is 4.79 Å². The van der Waals surface area contributed by atoms with Crippen LogP contribution in [0.5, 0.6) is 0 Å². The number of nitrogens with zero attached hydrogens (tertiary/aromatic N) is 3. The summed E-state index contributed by atoms with van der Waals surface area (Å²) in [6.07, 6.45) is 5.44. The van der Waals surface area contributed by atoms with Crippen LogP contribution in [0.3, 0.4) is 0 Å².